The van der Waals surface area contributed by atoms with Gasteiger partial charge in [-0.05, 0) is 18.2 Å². The Balaban J connectivity index is 1.24. The molecule has 4 aromatic rings. The van der Waals surface area contributed by atoms with E-state index in [0.717, 1.165) is 5.56 Å². The Kier molecular flexibility index (Phi) is 5.57. The molecule has 166 valence electrons. The molecule has 1 aliphatic carbocycles. The van der Waals surface area contributed by atoms with E-state index in [1.165, 1.54) is 29.5 Å². The Bertz CT molecular complexity index is 1460. The number of hydrogen-bond acceptors (Lipinski definition) is 7. The molecule has 34 heavy (non-hydrogen) atoms. The van der Waals surface area contributed by atoms with Gasteiger partial charge in [0.2, 0.25) is 0 Å². The number of carbonyl (C=O) groups excluding carboxylic acids is 4. The van der Waals surface area contributed by atoms with Gasteiger partial charge in [-0.15, -0.1) is 11.3 Å². The van der Waals surface area contributed by atoms with Crippen LogP contribution in [-0.2, 0) is 9.53 Å². The summed E-state index contributed by atoms with van der Waals surface area (Å²) in [5.74, 6) is -1.82. The number of hydrogen-bond donors (Lipinski definition) is 1. The highest BCUT2D eigenvalue weighted by molar-refractivity contribution is 7.13. The van der Waals surface area contributed by atoms with E-state index in [4.69, 9.17) is 4.74 Å². The van der Waals surface area contributed by atoms with Crippen molar-refractivity contribution >= 4 is 40.5 Å². The van der Waals surface area contributed by atoms with Gasteiger partial charge in [0, 0.05) is 38.9 Å². The molecule has 5 rings (SSSR count). The van der Waals surface area contributed by atoms with Crippen LogP contribution >= 0.6 is 11.3 Å². The number of carbonyl (C=O) groups is 4. The van der Waals surface area contributed by atoms with Crippen molar-refractivity contribution in [2.75, 3.05) is 11.9 Å². The summed E-state index contributed by atoms with van der Waals surface area (Å²) >= 11 is 1.30. The van der Waals surface area contributed by atoms with Gasteiger partial charge >= 0.3 is 5.97 Å². The van der Waals surface area contributed by atoms with E-state index in [1.807, 2.05) is 30.3 Å². The third kappa shape index (κ3) is 4.02. The summed E-state index contributed by atoms with van der Waals surface area (Å²) in [6, 6.07) is 20.5. The number of esters is 1. The van der Waals surface area contributed by atoms with Crippen molar-refractivity contribution in [1.82, 2.24) is 4.98 Å². The molecule has 0 saturated carbocycles. The van der Waals surface area contributed by atoms with E-state index in [9.17, 15) is 19.2 Å². The SMILES string of the molecule is O=C(COC(=O)c1csc(-c2ccccc2)n1)Nc1ccc2c(c1)C(=O)c1ccccc1C2=O. The van der Waals surface area contributed by atoms with E-state index in [2.05, 4.69) is 10.3 Å². The Morgan fingerprint density at radius 1 is 0.824 bits per heavy atom. The van der Waals surface area contributed by atoms with Gasteiger partial charge in [-0.3, -0.25) is 14.4 Å². The molecule has 0 aliphatic heterocycles. The van der Waals surface area contributed by atoms with Gasteiger partial charge < -0.3 is 10.1 Å². The molecule has 0 saturated heterocycles. The van der Waals surface area contributed by atoms with Crippen molar-refractivity contribution in [2.24, 2.45) is 0 Å². The molecule has 1 heterocycles. The molecular formula is C26H16N2O5S. The first-order valence-corrected chi connectivity index (χ1v) is 11.2. The summed E-state index contributed by atoms with van der Waals surface area (Å²) in [5.41, 5.74) is 2.51. The molecule has 0 unspecified atom stereocenters. The molecule has 1 aromatic heterocycles. The number of amides is 1. The van der Waals surface area contributed by atoms with Crippen LogP contribution in [0.15, 0.2) is 78.2 Å². The van der Waals surface area contributed by atoms with Crippen LogP contribution in [0.1, 0.15) is 42.3 Å². The maximum absolute atomic E-state index is 12.8. The standard InChI is InChI=1S/C26H16N2O5S/c29-22(13-33-26(32)21-14-34-25(28-21)15-6-2-1-3-7-15)27-16-10-11-19-20(12-16)24(31)18-9-5-4-8-17(18)23(19)30/h1-12,14H,13H2,(H,27,29). The van der Waals surface area contributed by atoms with E-state index in [-0.39, 0.29) is 28.4 Å². The van der Waals surface area contributed by atoms with Crippen LogP contribution in [0, 0.1) is 0 Å². The first kappa shape index (κ1) is 21.4. The van der Waals surface area contributed by atoms with Crippen LogP contribution in [-0.4, -0.2) is 35.0 Å². The van der Waals surface area contributed by atoms with Crippen molar-refractivity contribution in [2.45, 2.75) is 0 Å². The second-order valence-electron chi connectivity index (χ2n) is 7.49. The average molecular weight is 468 g/mol. The zero-order valence-electron chi connectivity index (χ0n) is 17.6. The number of anilines is 1. The summed E-state index contributed by atoms with van der Waals surface area (Å²) in [7, 11) is 0. The summed E-state index contributed by atoms with van der Waals surface area (Å²) in [6.45, 7) is -0.524. The lowest BCUT2D eigenvalue weighted by Crippen LogP contribution is -2.23. The summed E-state index contributed by atoms with van der Waals surface area (Å²) in [6.07, 6.45) is 0. The fourth-order valence-corrected chi connectivity index (χ4v) is 4.46. The lowest BCUT2D eigenvalue weighted by molar-refractivity contribution is -0.119. The highest BCUT2D eigenvalue weighted by Crippen LogP contribution is 2.29. The Morgan fingerprint density at radius 2 is 1.47 bits per heavy atom. The van der Waals surface area contributed by atoms with E-state index in [0.29, 0.717) is 21.8 Å². The van der Waals surface area contributed by atoms with Crippen molar-refractivity contribution in [3.8, 4) is 10.6 Å². The van der Waals surface area contributed by atoms with E-state index >= 15 is 0 Å². The van der Waals surface area contributed by atoms with Crippen LogP contribution in [0.4, 0.5) is 5.69 Å². The van der Waals surface area contributed by atoms with Gasteiger partial charge in [-0.1, -0.05) is 54.6 Å². The molecule has 8 heteroatoms. The van der Waals surface area contributed by atoms with Crippen molar-refractivity contribution < 1.29 is 23.9 Å². The first-order valence-electron chi connectivity index (χ1n) is 10.3. The van der Waals surface area contributed by atoms with E-state index in [1.54, 1.807) is 29.6 Å². The van der Waals surface area contributed by atoms with Gasteiger partial charge in [-0.2, -0.15) is 0 Å². The Labute approximate surface area is 198 Å². The number of nitrogens with zero attached hydrogens (tertiary/aromatic N) is 1. The zero-order valence-corrected chi connectivity index (χ0v) is 18.4. The first-order chi connectivity index (χ1) is 16.5. The zero-order chi connectivity index (χ0) is 23.7. The van der Waals surface area contributed by atoms with Gasteiger partial charge in [0.15, 0.2) is 23.9 Å². The normalized spacial score (nSPS) is 12.0. The quantitative estimate of drug-likeness (QED) is 0.384. The number of fused-ring (bicyclic) bond motifs is 2. The molecule has 0 atom stereocenters. The van der Waals surface area contributed by atoms with Gasteiger partial charge in [-0.25, -0.2) is 9.78 Å². The number of benzene rings is 3. The predicted molar refractivity (Wildman–Crippen MR) is 126 cm³/mol. The number of thiazole rings is 1. The summed E-state index contributed by atoms with van der Waals surface area (Å²) in [4.78, 5) is 54.4. The Hall–Kier alpha value is -4.43. The number of rotatable bonds is 5. The van der Waals surface area contributed by atoms with Gasteiger partial charge in [0.05, 0.1) is 0 Å². The lowest BCUT2D eigenvalue weighted by Gasteiger charge is -2.18. The molecule has 3 aromatic carbocycles. The van der Waals surface area contributed by atoms with Crippen molar-refractivity contribution in [1.29, 1.82) is 0 Å². The number of ketones is 2. The third-order valence-electron chi connectivity index (χ3n) is 5.28. The monoisotopic (exact) mass is 468 g/mol. The molecule has 7 nitrogen and oxygen atoms in total. The number of aromatic nitrogens is 1. The summed E-state index contributed by atoms with van der Waals surface area (Å²) in [5, 5.41) is 4.84. The molecule has 0 radical (unpaired) electrons. The molecule has 1 aliphatic rings. The second-order valence-corrected chi connectivity index (χ2v) is 8.35. The molecule has 0 spiro atoms. The number of nitrogens with one attached hydrogen (secondary N) is 1. The molecule has 0 bridgehead atoms. The lowest BCUT2D eigenvalue weighted by atomic mass is 9.84. The van der Waals surface area contributed by atoms with Crippen molar-refractivity contribution in [3.63, 3.8) is 0 Å². The van der Waals surface area contributed by atoms with Gasteiger partial charge in [0.1, 0.15) is 5.01 Å². The van der Waals surface area contributed by atoms with Crippen LogP contribution in [0.25, 0.3) is 10.6 Å². The van der Waals surface area contributed by atoms with Gasteiger partial charge in [0.25, 0.3) is 5.91 Å². The number of ether oxygens (including phenoxy) is 1. The maximum Gasteiger partial charge on any atom is 0.358 e. The van der Waals surface area contributed by atoms with Crippen LogP contribution < -0.4 is 5.32 Å². The maximum atomic E-state index is 12.8. The minimum Gasteiger partial charge on any atom is -0.451 e. The van der Waals surface area contributed by atoms with Crippen LogP contribution in [0.5, 0.6) is 0 Å². The predicted octanol–water partition coefficient (Wildman–Crippen LogP) is 4.38. The third-order valence-corrected chi connectivity index (χ3v) is 6.17. The smallest absolute Gasteiger partial charge is 0.358 e. The average Bonchev–Trinajstić information content (AvgIpc) is 3.37. The van der Waals surface area contributed by atoms with Crippen LogP contribution in [0.3, 0.4) is 0 Å². The van der Waals surface area contributed by atoms with Crippen molar-refractivity contribution in [3.05, 3.63) is 106 Å². The fourth-order valence-electron chi connectivity index (χ4n) is 3.66. The van der Waals surface area contributed by atoms with Crippen LogP contribution in [0.2, 0.25) is 0 Å². The molecule has 1 amide bonds. The van der Waals surface area contributed by atoms with E-state index < -0.39 is 18.5 Å². The molecule has 1 N–H and O–H groups in total. The molecular weight excluding hydrogens is 452 g/mol. The summed E-state index contributed by atoms with van der Waals surface area (Å²) < 4.78 is 5.08. The fraction of sp³-hybridized carbons (Fsp3) is 0.0385. The largest absolute Gasteiger partial charge is 0.451 e. The molecule has 0 fully saturated rings. The minimum absolute atomic E-state index is 0.119. The Morgan fingerprint density at radius 3 is 2.21 bits per heavy atom. The topological polar surface area (TPSA) is 102 Å². The second kappa shape index (κ2) is 8.84. The minimum atomic E-state index is -0.712. The highest BCUT2D eigenvalue weighted by Gasteiger charge is 2.29. The highest BCUT2D eigenvalue weighted by atomic mass is 32.1.